The van der Waals surface area contributed by atoms with Crippen molar-refractivity contribution in [1.82, 2.24) is 4.98 Å². The van der Waals surface area contributed by atoms with Crippen LogP contribution in [0.25, 0.3) is 0 Å². The number of H-pyrrole nitrogens is 1. The number of aryl methyl sites for hydroxylation is 1. The van der Waals surface area contributed by atoms with Gasteiger partial charge in [0.15, 0.2) is 11.5 Å². The van der Waals surface area contributed by atoms with E-state index in [0.29, 0.717) is 51.1 Å². The zero-order chi connectivity index (χ0) is 20.3. The van der Waals surface area contributed by atoms with Crippen LogP contribution in [0.4, 0.5) is 5.69 Å². The Morgan fingerprint density at radius 2 is 1.71 bits per heavy atom. The maximum absolute atomic E-state index is 12.9. The van der Waals surface area contributed by atoms with Crippen molar-refractivity contribution in [2.45, 2.75) is 27.2 Å². The molecule has 0 saturated heterocycles. The minimum absolute atomic E-state index is 0.0629. The highest BCUT2D eigenvalue weighted by Gasteiger charge is 2.22. The Balaban J connectivity index is 1.91. The van der Waals surface area contributed by atoms with Gasteiger partial charge in [-0.05, 0) is 50.1 Å². The third kappa shape index (κ3) is 3.94. The number of carbonyl (C=O) groups excluding carboxylic acids is 2. The largest absolute Gasteiger partial charge is 0.454 e. The topological polar surface area (TPSA) is 71.2 Å². The fourth-order valence-electron chi connectivity index (χ4n) is 3.19. The summed E-state index contributed by atoms with van der Waals surface area (Å²) in [6.07, 6.45) is 0.569. The molecule has 1 amide bonds. The molecule has 6 heteroatoms. The summed E-state index contributed by atoms with van der Waals surface area (Å²) in [7, 11) is 0. The van der Waals surface area contributed by atoms with E-state index >= 15 is 0 Å². The molecule has 0 aliphatic carbocycles. The summed E-state index contributed by atoms with van der Waals surface area (Å²) in [4.78, 5) is 27.9. The zero-order valence-corrected chi connectivity index (χ0v) is 16.7. The molecule has 0 radical (unpaired) electrons. The number of hydrogen-bond acceptors (Lipinski definition) is 3. The monoisotopic (exact) mass is 396 g/mol. The first-order valence-corrected chi connectivity index (χ1v) is 9.35. The number of halogens is 1. The standard InChI is InChI=1S/C22H21ClN2O3/c1-4-15-20(14(3)26)13(2)24-21(15)22(27)25-17-10-6-8-12-19(17)28-18-11-7-5-9-16(18)23/h5-12,24H,4H2,1-3H3,(H,25,27). The van der Waals surface area contributed by atoms with Crippen molar-refractivity contribution in [3.05, 3.63) is 76.1 Å². The van der Waals surface area contributed by atoms with Crippen LogP contribution in [0.2, 0.25) is 5.02 Å². The van der Waals surface area contributed by atoms with E-state index in [2.05, 4.69) is 10.3 Å². The molecule has 3 aromatic rings. The molecule has 0 saturated carbocycles. The first-order valence-electron chi connectivity index (χ1n) is 8.97. The van der Waals surface area contributed by atoms with Crippen LogP contribution in [0.5, 0.6) is 11.5 Å². The molecule has 1 heterocycles. The number of rotatable bonds is 6. The van der Waals surface area contributed by atoms with E-state index in [1.54, 1.807) is 37.3 Å². The molecule has 0 aliphatic heterocycles. The molecule has 2 aromatic carbocycles. The van der Waals surface area contributed by atoms with Crippen LogP contribution in [-0.2, 0) is 6.42 Å². The van der Waals surface area contributed by atoms with Gasteiger partial charge in [0.2, 0.25) is 0 Å². The highest BCUT2D eigenvalue weighted by Crippen LogP contribution is 2.33. The van der Waals surface area contributed by atoms with Crippen LogP contribution in [0.15, 0.2) is 48.5 Å². The molecule has 0 aliphatic rings. The van der Waals surface area contributed by atoms with Crippen LogP contribution in [0.3, 0.4) is 0 Å². The van der Waals surface area contributed by atoms with Gasteiger partial charge in [-0.2, -0.15) is 0 Å². The van der Waals surface area contributed by atoms with Crippen LogP contribution in [0.1, 0.15) is 46.0 Å². The second kappa shape index (κ2) is 8.31. The Kier molecular flexibility index (Phi) is 5.85. The van der Waals surface area contributed by atoms with Gasteiger partial charge in [-0.1, -0.05) is 42.8 Å². The number of hydrogen-bond donors (Lipinski definition) is 2. The van der Waals surface area contributed by atoms with Gasteiger partial charge in [-0.3, -0.25) is 9.59 Å². The minimum atomic E-state index is -0.331. The van der Waals surface area contributed by atoms with Crippen molar-refractivity contribution < 1.29 is 14.3 Å². The second-order valence-electron chi connectivity index (χ2n) is 6.37. The van der Waals surface area contributed by atoms with E-state index in [1.165, 1.54) is 6.92 Å². The summed E-state index contributed by atoms with van der Waals surface area (Å²) >= 11 is 6.17. The summed E-state index contributed by atoms with van der Waals surface area (Å²) in [5.41, 5.74) is 2.87. The van der Waals surface area contributed by atoms with Gasteiger partial charge in [0, 0.05) is 11.3 Å². The average Bonchev–Trinajstić information content (AvgIpc) is 3.01. The maximum Gasteiger partial charge on any atom is 0.272 e. The fraction of sp³-hybridized carbons (Fsp3) is 0.182. The van der Waals surface area contributed by atoms with Gasteiger partial charge in [-0.25, -0.2) is 0 Å². The highest BCUT2D eigenvalue weighted by molar-refractivity contribution is 6.32. The predicted octanol–water partition coefficient (Wildman–Crippen LogP) is 5.79. The lowest BCUT2D eigenvalue weighted by Crippen LogP contribution is -2.15. The number of amides is 1. The third-order valence-electron chi connectivity index (χ3n) is 4.42. The van der Waals surface area contributed by atoms with E-state index in [1.807, 2.05) is 25.1 Å². The van der Waals surface area contributed by atoms with Crippen LogP contribution < -0.4 is 10.1 Å². The van der Waals surface area contributed by atoms with Crippen LogP contribution >= 0.6 is 11.6 Å². The fourth-order valence-corrected chi connectivity index (χ4v) is 3.36. The number of nitrogens with one attached hydrogen (secondary N) is 2. The Bertz CT molecular complexity index is 1040. The van der Waals surface area contributed by atoms with Crippen LogP contribution in [-0.4, -0.2) is 16.7 Å². The van der Waals surface area contributed by atoms with E-state index in [0.717, 1.165) is 0 Å². The number of ketones is 1. The van der Waals surface area contributed by atoms with Crippen LogP contribution in [0, 0.1) is 6.92 Å². The van der Waals surface area contributed by atoms with E-state index < -0.39 is 0 Å². The van der Waals surface area contributed by atoms with E-state index in [4.69, 9.17) is 16.3 Å². The minimum Gasteiger partial charge on any atom is -0.454 e. The SMILES string of the molecule is CCc1c(C(=O)Nc2ccccc2Oc2ccccc2Cl)[nH]c(C)c1C(C)=O. The average molecular weight is 397 g/mol. The molecular formula is C22H21ClN2O3. The Morgan fingerprint density at radius 3 is 2.36 bits per heavy atom. The number of para-hydroxylation sites is 3. The molecular weight excluding hydrogens is 376 g/mol. The molecule has 0 atom stereocenters. The second-order valence-corrected chi connectivity index (χ2v) is 6.78. The first kappa shape index (κ1) is 19.7. The lowest BCUT2D eigenvalue weighted by atomic mass is 10.0. The molecule has 144 valence electrons. The first-order chi connectivity index (χ1) is 13.4. The van der Waals surface area contributed by atoms with Crippen molar-refractivity contribution in [3.8, 4) is 11.5 Å². The third-order valence-corrected chi connectivity index (χ3v) is 4.73. The van der Waals surface area contributed by atoms with Gasteiger partial charge in [0.05, 0.1) is 10.7 Å². The Labute approximate surface area is 168 Å². The summed E-state index contributed by atoms with van der Waals surface area (Å²) < 4.78 is 5.89. The summed E-state index contributed by atoms with van der Waals surface area (Å²) in [5.74, 6) is 0.571. The van der Waals surface area contributed by atoms with E-state index in [-0.39, 0.29) is 11.7 Å². The number of aromatic nitrogens is 1. The maximum atomic E-state index is 12.9. The lowest BCUT2D eigenvalue weighted by molar-refractivity contribution is 0.101. The molecule has 5 nitrogen and oxygen atoms in total. The molecule has 0 unspecified atom stereocenters. The highest BCUT2D eigenvalue weighted by atomic mass is 35.5. The van der Waals surface area contributed by atoms with Crippen molar-refractivity contribution in [2.24, 2.45) is 0 Å². The molecule has 2 N–H and O–H groups in total. The molecule has 28 heavy (non-hydrogen) atoms. The lowest BCUT2D eigenvalue weighted by Gasteiger charge is -2.13. The molecule has 1 aromatic heterocycles. The Hall–Kier alpha value is -3.05. The van der Waals surface area contributed by atoms with Crippen molar-refractivity contribution >= 4 is 29.0 Å². The van der Waals surface area contributed by atoms with Gasteiger partial charge in [0.1, 0.15) is 11.4 Å². The predicted molar refractivity (Wildman–Crippen MR) is 111 cm³/mol. The normalized spacial score (nSPS) is 10.6. The van der Waals surface area contributed by atoms with Crippen molar-refractivity contribution in [2.75, 3.05) is 5.32 Å². The number of benzene rings is 2. The quantitative estimate of drug-likeness (QED) is 0.518. The number of ether oxygens (including phenoxy) is 1. The number of aromatic amines is 1. The molecule has 0 fully saturated rings. The molecule has 0 spiro atoms. The summed E-state index contributed by atoms with van der Waals surface area (Å²) in [6.45, 7) is 5.21. The molecule has 3 rings (SSSR count). The summed E-state index contributed by atoms with van der Waals surface area (Å²) in [5, 5.41) is 3.35. The van der Waals surface area contributed by atoms with Gasteiger partial charge in [-0.15, -0.1) is 0 Å². The zero-order valence-electron chi connectivity index (χ0n) is 15.9. The Morgan fingerprint density at radius 1 is 1.07 bits per heavy atom. The van der Waals surface area contributed by atoms with Gasteiger partial charge < -0.3 is 15.0 Å². The van der Waals surface area contributed by atoms with Crippen molar-refractivity contribution in [3.63, 3.8) is 0 Å². The van der Waals surface area contributed by atoms with Crippen molar-refractivity contribution in [1.29, 1.82) is 0 Å². The number of carbonyl (C=O) groups is 2. The number of Topliss-reactive ketones (excluding diaryl/α,β-unsaturated/α-hetero) is 1. The van der Waals surface area contributed by atoms with E-state index in [9.17, 15) is 9.59 Å². The summed E-state index contributed by atoms with van der Waals surface area (Å²) in [6, 6.07) is 14.2. The van der Waals surface area contributed by atoms with Gasteiger partial charge >= 0.3 is 0 Å². The smallest absolute Gasteiger partial charge is 0.272 e. The van der Waals surface area contributed by atoms with Gasteiger partial charge in [0.25, 0.3) is 5.91 Å². The number of anilines is 1. The molecule has 0 bridgehead atoms.